The molecule has 16 heavy (non-hydrogen) atoms. The molecule has 0 saturated carbocycles. The molecule has 2 heterocycles. The van der Waals surface area contributed by atoms with Gasteiger partial charge in [0.05, 0.1) is 4.47 Å². The van der Waals surface area contributed by atoms with Crippen LogP contribution >= 0.6 is 31.9 Å². The van der Waals surface area contributed by atoms with Gasteiger partial charge in [0.2, 0.25) is 5.91 Å². The molecule has 0 saturated heterocycles. The van der Waals surface area contributed by atoms with Gasteiger partial charge in [0.25, 0.3) is 0 Å². The molecule has 1 aliphatic rings. The zero-order valence-corrected chi connectivity index (χ0v) is 12.5. The average Bonchev–Trinajstić information content (AvgIpc) is 2.52. The van der Waals surface area contributed by atoms with Crippen LogP contribution in [0.15, 0.2) is 9.08 Å². The van der Waals surface area contributed by atoms with E-state index in [0.717, 1.165) is 34.3 Å². The minimum absolute atomic E-state index is 0.00888. The van der Waals surface area contributed by atoms with Crippen LogP contribution in [-0.2, 0) is 13.0 Å². The molecule has 3 nitrogen and oxygen atoms in total. The molecule has 0 aromatic carbocycles. The lowest BCUT2D eigenvalue weighted by Gasteiger charge is -2.17. The first kappa shape index (κ1) is 12.3. The summed E-state index contributed by atoms with van der Waals surface area (Å²) in [5, 5.41) is 3.32. The van der Waals surface area contributed by atoms with Crippen molar-refractivity contribution in [2.45, 2.75) is 26.8 Å². The second-order valence-electron chi connectivity index (χ2n) is 4.29. The van der Waals surface area contributed by atoms with E-state index in [-0.39, 0.29) is 11.8 Å². The van der Waals surface area contributed by atoms with E-state index in [2.05, 4.69) is 37.2 Å². The molecule has 88 valence electrons. The zero-order chi connectivity index (χ0) is 11.9. The molecular formula is C11H14Br2N2O. The summed E-state index contributed by atoms with van der Waals surface area (Å²) in [4.78, 5) is 12.1. The molecular weight excluding hydrogens is 336 g/mol. The van der Waals surface area contributed by atoms with Crippen LogP contribution in [0.1, 0.15) is 29.9 Å². The molecule has 0 radical (unpaired) electrons. The third kappa shape index (κ3) is 1.89. The van der Waals surface area contributed by atoms with E-state index in [0.29, 0.717) is 0 Å². The molecule has 1 aromatic rings. The van der Waals surface area contributed by atoms with E-state index in [1.807, 2.05) is 18.4 Å². The lowest BCUT2D eigenvalue weighted by atomic mass is 10.1. The van der Waals surface area contributed by atoms with Crippen molar-refractivity contribution < 1.29 is 4.79 Å². The van der Waals surface area contributed by atoms with E-state index in [1.54, 1.807) is 0 Å². The molecule has 0 atom stereocenters. The maximum absolute atomic E-state index is 12.1. The standard InChI is InChI=1S/C11H14Br2N2O/c1-6(2)11(16)15-8-3-4-14-5-7(8)9(12)10(15)13/h6,14H,3-5H2,1-2H3. The quantitative estimate of drug-likeness (QED) is 0.845. The Morgan fingerprint density at radius 1 is 1.44 bits per heavy atom. The normalized spacial score (nSPS) is 15.3. The topological polar surface area (TPSA) is 34.0 Å². The van der Waals surface area contributed by atoms with Gasteiger partial charge in [-0.25, -0.2) is 0 Å². The number of hydrogen-bond acceptors (Lipinski definition) is 2. The molecule has 0 spiro atoms. The zero-order valence-electron chi connectivity index (χ0n) is 9.31. The Bertz CT molecular complexity index is 438. The van der Waals surface area contributed by atoms with Crippen LogP contribution in [0.2, 0.25) is 0 Å². The number of carbonyl (C=O) groups excluding carboxylic acids is 1. The van der Waals surface area contributed by atoms with E-state index in [4.69, 9.17) is 0 Å². The van der Waals surface area contributed by atoms with Crippen LogP contribution in [0.5, 0.6) is 0 Å². The highest BCUT2D eigenvalue weighted by Crippen LogP contribution is 2.34. The van der Waals surface area contributed by atoms with Crippen molar-refractivity contribution in [1.82, 2.24) is 9.88 Å². The van der Waals surface area contributed by atoms with Crippen molar-refractivity contribution in [3.05, 3.63) is 20.3 Å². The second-order valence-corrected chi connectivity index (χ2v) is 5.83. The predicted octanol–water partition coefficient (Wildman–Crippen LogP) is 2.96. The minimum atomic E-state index is 0.00888. The van der Waals surface area contributed by atoms with Gasteiger partial charge >= 0.3 is 0 Å². The predicted molar refractivity (Wildman–Crippen MR) is 70.7 cm³/mol. The van der Waals surface area contributed by atoms with E-state index in [1.165, 1.54) is 5.56 Å². The van der Waals surface area contributed by atoms with Crippen LogP contribution in [0.25, 0.3) is 0 Å². The summed E-state index contributed by atoms with van der Waals surface area (Å²) in [6.45, 7) is 5.61. The summed E-state index contributed by atoms with van der Waals surface area (Å²) in [6, 6.07) is 0. The summed E-state index contributed by atoms with van der Waals surface area (Å²) >= 11 is 7.04. The van der Waals surface area contributed by atoms with Gasteiger partial charge in [0.1, 0.15) is 4.60 Å². The number of nitrogens with one attached hydrogen (secondary N) is 1. The van der Waals surface area contributed by atoms with E-state index < -0.39 is 0 Å². The largest absolute Gasteiger partial charge is 0.312 e. The SMILES string of the molecule is CC(C)C(=O)n1c(Br)c(Br)c2c1CCNC2. The Hall–Kier alpha value is -0.130. The molecule has 2 rings (SSSR count). The third-order valence-electron chi connectivity index (χ3n) is 2.82. The Labute approximate surface area is 112 Å². The van der Waals surface area contributed by atoms with E-state index in [9.17, 15) is 4.79 Å². The molecule has 0 unspecified atom stereocenters. The van der Waals surface area contributed by atoms with Gasteiger partial charge in [-0.2, -0.15) is 0 Å². The van der Waals surface area contributed by atoms with Crippen LogP contribution in [0.4, 0.5) is 0 Å². The van der Waals surface area contributed by atoms with Gasteiger partial charge in [-0.3, -0.25) is 9.36 Å². The van der Waals surface area contributed by atoms with Gasteiger partial charge in [0, 0.05) is 36.7 Å². The Kier molecular flexibility index (Phi) is 3.56. The van der Waals surface area contributed by atoms with E-state index >= 15 is 0 Å². The van der Waals surface area contributed by atoms with Crippen molar-refractivity contribution in [3.8, 4) is 0 Å². The molecule has 1 N–H and O–H groups in total. The fourth-order valence-electron chi connectivity index (χ4n) is 1.95. The molecule has 0 fully saturated rings. The van der Waals surface area contributed by atoms with Crippen molar-refractivity contribution in [2.24, 2.45) is 5.92 Å². The average molecular weight is 350 g/mol. The Morgan fingerprint density at radius 3 is 2.75 bits per heavy atom. The fourth-order valence-corrected chi connectivity index (χ4v) is 3.13. The lowest BCUT2D eigenvalue weighted by molar-refractivity contribution is 0.0849. The molecule has 5 heteroatoms. The molecule has 0 aliphatic carbocycles. The second kappa shape index (κ2) is 4.63. The molecule has 1 aromatic heterocycles. The number of halogens is 2. The van der Waals surface area contributed by atoms with Crippen molar-refractivity contribution in [2.75, 3.05) is 6.54 Å². The van der Waals surface area contributed by atoms with Gasteiger partial charge in [-0.15, -0.1) is 0 Å². The summed E-state index contributed by atoms with van der Waals surface area (Å²) in [5.74, 6) is 0.158. The Morgan fingerprint density at radius 2 is 2.12 bits per heavy atom. The van der Waals surface area contributed by atoms with Crippen molar-refractivity contribution >= 4 is 37.8 Å². The number of nitrogens with zero attached hydrogens (tertiary/aromatic N) is 1. The van der Waals surface area contributed by atoms with Gasteiger partial charge < -0.3 is 5.32 Å². The summed E-state index contributed by atoms with van der Waals surface area (Å²) < 4.78 is 3.66. The van der Waals surface area contributed by atoms with Crippen LogP contribution < -0.4 is 5.32 Å². The van der Waals surface area contributed by atoms with Crippen molar-refractivity contribution in [3.63, 3.8) is 0 Å². The first-order chi connectivity index (χ1) is 7.54. The molecule has 0 amide bonds. The monoisotopic (exact) mass is 348 g/mol. The number of rotatable bonds is 1. The first-order valence-electron chi connectivity index (χ1n) is 5.36. The lowest BCUT2D eigenvalue weighted by Crippen LogP contribution is -2.27. The Balaban J connectivity index is 2.56. The summed E-state index contributed by atoms with van der Waals surface area (Å²) in [5.41, 5.74) is 2.34. The van der Waals surface area contributed by atoms with Crippen molar-refractivity contribution in [1.29, 1.82) is 0 Å². The maximum atomic E-state index is 12.1. The number of fused-ring (bicyclic) bond motifs is 1. The first-order valence-corrected chi connectivity index (χ1v) is 6.95. The summed E-state index contributed by atoms with van der Waals surface area (Å²) in [6.07, 6.45) is 0.901. The highest BCUT2D eigenvalue weighted by molar-refractivity contribution is 9.13. The molecule has 0 bridgehead atoms. The minimum Gasteiger partial charge on any atom is -0.312 e. The summed E-state index contributed by atoms with van der Waals surface area (Å²) in [7, 11) is 0. The maximum Gasteiger partial charge on any atom is 0.234 e. The van der Waals surface area contributed by atoms with Gasteiger partial charge in [-0.05, 0) is 31.9 Å². The smallest absolute Gasteiger partial charge is 0.234 e. The highest BCUT2D eigenvalue weighted by Gasteiger charge is 2.26. The van der Waals surface area contributed by atoms with Gasteiger partial charge in [-0.1, -0.05) is 13.8 Å². The fraction of sp³-hybridized carbons (Fsp3) is 0.545. The van der Waals surface area contributed by atoms with Crippen LogP contribution in [0.3, 0.4) is 0 Å². The number of aromatic nitrogens is 1. The van der Waals surface area contributed by atoms with Crippen LogP contribution in [-0.4, -0.2) is 17.0 Å². The number of hydrogen-bond donors (Lipinski definition) is 1. The highest BCUT2D eigenvalue weighted by atomic mass is 79.9. The van der Waals surface area contributed by atoms with Gasteiger partial charge in [0.15, 0.2) is 0 Å². The number of carbonyl (C=O) groups is 1. The van der Waals surface area contributed by atoms with Crippen LogP contribution in [0, 0.1) is 5.92 Å². The third-order valence-corrected chi connectivity index (χ3v) is 4.95. The molecule has 1 aliphatic heterocycles.